The average Bonchev–Trinajstić information content (AvgIpc) is 3.08. The zero-order chi connectivity index (χ0) is 17.2. The SMILES string of the molecule is Cc1ccc2c(CSc3nnnn3-c3ccccc3)cc(=O)oc2c1. The average molecular weight is 350 g/mol. The van der Waals surface area contributed by atoms with E-state index in [0.717, 1.165) is 22.2 Å². The Morgan fingerprint density at radius 3 is 2.80 bits per heavy atom. The van der Waals surface area contributed by atoms with Crippen molar-refractivity contribution in [3.05, 3.63) is 76.1 Å². The fourth-order valence-corrected chi connectivity index (χ4v) is 3.48. The molecular weight excluding hydrogens is 336 g/mol. The van der Waals surface area contributed by atoms with Crippen molar-refractivity contribution >= 4 is 22.7 Å². The molecule has 0 aliphatic heterocycles. The summed E-state index contributed by atoms with van der Waals surface area (Å²) in [7, 11) is 0. The first-order valence-electron chi connectivity index (χ1n) is 7.71. The van der Waals surface area contributed by atoms with Gasteiger partial charge in [-0.2, -0.15) is 4.68 Å². The Kier molecular flexibility index (Phi) is 4.07. The van der Waals surface area contributed by atoms with Crippen LogP contribution in [0.15, 0.2) is 69.0 Å². The number of rotatable bonds is 4. The van der Waals surface area contributed by atoms with Gasteiger partial charge in [0.05, 0.1) is 5.69 Å². The molecule has 4 aromatic rings. The van der Waals surface area contributed by atoms with Crippen molar-refractivity contribution in [2.24, 2.45) is 0 Å². The molecule has 0 atom stereocenters. The highest BCUT2D eigenvalue weighted by molar-refractivity contribution is 7.98. The molecule has 0 N–H and O–H groups in total. The summed E-state index contributed by atoms with van der Waals surface area (Å²) in [6.07, 6.45) is 0. The standard InChI is InChI=1S/C18H14N4O2S/c1-12-7-8-15-13(10-17(23)24-16(15)9-12)11-25-18-19-20-21-22(18)14-5-3-2-4-6-14/h2-10H,11H2,1H3. The molecule has 6 nitrogen and oxygen atoms in total. The lowest BCUT2D eigenvalue weighted by atomic mass is 10.1. The molecule has 0 radical (unpaired) electrons. The predicted octanol–water partition coefficient (Wildman–Crippen LogP) is 3.37. The van der Waals surface area contributed by atoms with Gasteiger partial charge in [-0.05, 0) is 46.7 Å². The third-order valence-corrected chi connectivity index (χ3v) is 4.75. The first-order chi connectivity index (χ1) is 12.2. The van der Waals surface area contributed by atoms with Crippen molar-refractivity contribution in [1.29, 1.82) is 0 Å². The molecule has 0 spiro atoms. The monoisotopic (exact) mass is 350 g/mol. The Balaban J connectivity index is 1.66. The third kappa shape index (κ3) is 3.18. The lowest BCUT2D eigenvalue weighted by Crippen LogP contribution is -2.01. The molecule has 25 heavy (non-hydrogen) atoms. The topological polar surface area (TPSA) is 73.8 Å². The van der Waals surface area contributed by atoms with Crippen molar-refractivity contribution in [2.75, 3.05) is 0 Å². The molecule has 2 heterocycles. The van der Waals surface area contributed by atoms with Gasteiger partial charge >= 0.3 is 5.63 Å². The van der Waals surface area contributed by atoms with Gasteiger partial charge in [0.1, 0.15) is 5.58 Å². The molecule has 0 amide bonds. The van der Waals surface area contributed by atoms with E-state index < -0.39 is 0 Å². The van der Waals surface area contributed by atoms with E-state index in [9.17, 15) is 4.79 Å². The molecular formula is C18H14N4O2S. The summed E-state index contributed by atoms with van der Waals surface area (Å²) in [5.41, 5.74) is 3.09. The molecule has 2 aromatic heterocycles. The van der Waals surface area contributed by atoms with Gasteiger partial charge in [0.25, 0.3) is 0 Å². The summed E-state index contributed by atoms with van der Waals surface area (Å²) in [6, 6.07) is 17.1. The van der Waals surface area contributed by atoms with Gasteiger partial charge in [-0.3, -0.25) is 0 Å². The first-order valence-corrected chi connectivity index (χ1v) is 8.69. The van der Waals surface area contributed by atoms with Gasteiger partial charge in [-0.1, -0.05) is 42.1 Å². The molecule has 0 saturated carbocycles. The van der Waals surface area contributed by atoms with Crippen LogP contribution in [-0.2, 0) is 5.75 Å². The largest absolute Gasteiger partial charge is 0.423 e. The molecule has 0 fully saturated rings. The maximum absolute atomic E-state index is 11.8. The highest BCUT2D eigenvalue weighted by Crippen LogP contribution is 2.26. The maximum Gasteiger partial charge on any atom is 0.336 e. The number of para-hydroxylation sites is 1. The summed E-state index contributed by atoms with van der Waals surface area (Å²) in [6.45, 7) is 1.97. The van der Waals surface area contributed by atoms with E-state index in [1.54, 1.807) is 4.68 Å². The van der Waals surface area contributed by atoms with Crippen LogP contribution in [-0.4, -0.2) is 20.2 Å². The minimum atomic E-state index is -0.351. The summed E-state index contributed by atoms with van der Waals surface area (Å²) in [5, 5.41) is 13.5. The van der Waals surface area contributed by atoms with Crippen molar-refractivity contribution in [2.45, 2.75) is 17.8 Å². The zero-order valence-corrected chi connectivity index (χ0v) is 14.2. The number of aromatic nitrogens is 4. The van der Waals surface area contributed by atoms with Crippen LogP contribution in [0.4, 0.5) is 0 Å². The van der Waals surface area contributed by atoms with E-state index in [1.165, 1.54) is 17.8 Å². The lowest BCUT2D eigenvalue weighted by Gasteiger charge is -2.06. The molecule has 7 heteroatoms. The number of aryl methyl sites for hydroxylation is 1. The fraction of sp³-hybridized carbons (Fsp3) is 0.111. The van der Waals surface area contributed by atoms with Crippen molar-refractivity contribution in [1.82, 2.24) is 20.2 Å². The summed E-state index contributed by atoms with van der Waals surface area (Å²) >= 11 is 1.48. The number of fused-ring (bicyclic) bond motifs is 1. The van der Waals surface area contributed by atoms with E-state index in [2.05, 4.69) is 15.5 Å². The summed E-state index contributed by atoms with van der Waals surface area (Å²) in [4.78, 5) is 11.8. The molecule has 2 aromatic carbocycles. The normalized spacial score (nSPS) is 11.1. The predicted molar refractivity (Wildman–Crippen MR) is 95.9 cm³/mol. The van der Waals surface area contributed by atoms with E-state index in [-0.39, 0.29) is 5.63 Å². The second-order valence-corrected chi connectivity index (χ2v) is 6.53. The van der Waals surface area contributed by atoms with Crippen molar-refractivity contribution < 1.29 is 4.42 Å². The Bertz CT molecular complexity index is 1090. The van der Waals surface area contributed by atoms with Crippen LogP contribution in [0.1, 0.15) is 11.1 Å². The van der Waals surface area contributed by atoms with E-state index in [1.807, 2.05) is 55.5 Å². The molecule has 4 rings (SSSR count). The number of thioether (sulfide) groups is 1. The van der Waals surface area contributed by atoms with Gasteiger partial charge in [0, 0.05) is 17.2 Å². The van der Waals surface area contributed by atoms with Crippen LogP contribution in [0.5, 0.6) is 0 Å². The van der Waals surface area contributed by atoms with Crippen LogP contribution in [0, 0.1) is 6.92 Å². The molecule has 0 aliphatic rings. The van der Waals surface area contributed by atoms with Gasteiger partial charge in [-0.25, -0.2) is 4.79 Å². The van der Waals surface area contributed by atoms with Gasteiger partial charge in [-0.15, -0.1) is 5.10 Å². The highest BCUT2D eigenvalue weighted by Gasteiger charge is 2.11. The Morgan fingerprint density at radius 1 is 1.12 bits per heavy atom. The van der Waals surface area contributed by atoms with E-state index in [0.29, 0.717) is 16.5 Å². The van der Waals surface area contributed by atoms with Gasteiger partial charge in [0.15, 0.2) is 0 Å². The first kappa shape index (κ1) is 15.6. The van der Waals surface area contributed by atoms with Gasteiger partial charge < -0.3 is 4.42 Å². The number of hydrogen-bond donors (Lipinski definition) is 0. The number of hydrogen-bond acceptors (Lipinski definition) is 6. The maximum atomic E-state index is 11.8. The van der Waals surface area contributed by atoms with Gasteiger partial charge in [0.2, 0.25) is 5.16 Å². The highest BCUT2D eigenvalue weighted by atomic mass is 32.2. The molecule has 124 valence electrons. The van der Waals surface area contributed by atoms with E-state index >= 15 is 0 Å². The zero-order valence-electron chi connectivity index (χ0n) is 13.4. The Hall–Kier alpha value is -2.93. The van der Waals surface area contributed by atoms with Crippen LogP contribution >= 0.6 is 11.8 Å². The molecule has 0 aliphatic carbocycles. The van der Waals surface area contributed by atoms with Crippen molar-refractivity contribution in [3.63, 3.8) is 0 Å². The number of nitrogens with zero attached hydrogens (tertiary/aromatic N) is 4. The Morgan fingerprint density at radius 2 is 1.96 bits per heavy atom. The minimum absolute atomic E-state index is 0.351. The van der Waals surface area contributed by atoms with E-state index in [4.69, 9.17) is 4.42 Å². The van der Waals surface area contributed by atoms with Crippen LogP contribution < -0.4 is 5.63 Å². The lowest BCUT2D eigenvalue weighted by molar-refractivity contribution is 0.559. The minimum Gasteiger partial charge on any atom is -0.423 e. The van der Waals surface area contributed by atoms with Crippen LogP contribution in [0.3, 0.4) is 0 Å². The third-order valence-electron chi connectivity index (χ3n) is 3.78. The molecule has 0 unspecified atom stereocenters. The Labute approximate surface area is 147 Å². The summed E-state index contributed by atoms with van der Waals surface area (Å²) < 4.78 is 6.99. The van der Waals surface area contributed by atoms with Crippen LogP contribution in [0.2, 0.25) is 0 Å². The molecule has 0 bridgehead atoms. The fourth-order valence-electron chi connectivity index (χ4n) is 2.60. The second-order valence-electron chi connectivity index (χ2n) is 5.59. The molecule has 0 saturated heterocycles. The summed E-state index contributed by atoms with van der Waals surface area (Å²) in [5.74, 6) is 0.568. The number of tetrazole rings is 1. The van der Waals surface area contributed by atoms with Crippen LogP contribution in [0.25, 0.3) is 16.7 Å². The van der Waals surface area contributed by atoms with Crippen molar-refractivity contribution in [3.8, 4) is 5.69 Å². The smallest absolute Gasteiger partial charge is 0.336 e. The second kappa shape index (κ2) is 6.52. The number of benzene rings is 2. The quantitative estimate of drug-likeness (QED) is 0.415.